The largest absolute Gasteiger partial charge is 0.309 e. The van der Waals surface area contributed by atoms with Crippen molar-refractivity contribution in [2.24, 2.45) is 0 Å². The predicted octanol–water partition coefficient (Wildman–Crippen LogP) is 17.2. The molecule has 0 amide bonds. The molecular formula is C62H42N2. The molecule has 0 N–H and O–H groups in total. The van der Waals surface area contributed by atoms with Gasteiger partial charge in [0.25, 0.3) is 0 Å². The normalized spacial score (nSPS) is 11.4. The Morgan fingerprint density at radius 2 is 0.734 bits per heavy atom. The lowest BCUT2D eigenvalue weighted by atomic mass is 9.93. The highest BCUT2D eigenvalue weighted by atomic mass is 15.1. The van der Waals surface area contributed by atoms with E-state index in [1.54, 1.807) is 0 Å². The van der Waals surface area contributed by atoms with Crippen molar-refractivity contribution < 1.29 is 0 Å². The second-order valence-electron chi connectivity index (χ2n) is 16.5. The summed E-state index contributed by atoms with van der Waals surface area (Å²) in [5.74, 6) is 0. The van der Waals surface area contributed by atoms with Crippen LogP contribution in [0.4, 0.5) is 17.1 Å². The number of para-hydroxylation sites is 4. The molecule has 0 spiro atoms. The van der Waals surface area contributed by atoms with Crippen LogP contribution >= 0.6 is 0 Å². The minimum atomic E-state index is 1.07. The van der Waals surface area contributed by atoms with Gasteiger partial charge in [0.05, 0.1) is 28.1 Å². The van der Waals surface area contributed by atoms with Crippen molar-refractivity contribution in [2.75, 3.05) is 4.90 Å². The van der Waals surface area contributed by atoms with Crippen molar-refractivity contribution >= 4 is 60.4 Å². The summed E-state index contributed by atoms with van der Waals surface area (Å²) >= 11 is 0. The van der Waals surface area contributed by atoms with E-state index in [0.717, 1.165) is 56.1 Å². The van der Waals surface area contributed by atoms with Crippen molar-refractivity contribution in [3.05, 3.63) is 255 Å². The minimum Gasteiger partial charge on any atom is -0.309 e. The molecule has 0 saturated carbocycles. The van der Waals surface area contributed by atoms with Gasteiger partial charge < -0.3 is 9.47 Å². The Morgan fingerprint density at radius 3 is 1.44 bits per heavy atom. The van der Waals surface area contributed by atoms with Crippen LogP contribution in [-0.2, 0) is 0 Å². The summed E-state index contributed by atoms with van der Waals surface area (Å²) in [5, 5.41) is 7.41. The van der Waals surface area contributed by atoms with Crippen molar-refractivity contribution in [1.29, 1.82) is 0 Å². The molecule has 64 heavy (non-hydrogen) atoms. The molecule has 0 saturated heterocycles. The highest BCUT2D eigenvalue weighted by molar-refractivity contribution is 6.10. The van der Waals surface area contributed by atoms with E-state index in [1.165, 1.54) is 54.5 Å². The Labute approximate surface area is 373 Å². The first kappa shape index (κ1) is 37.3. The van der Waals surface area contributed by atoms with Gasteiger partial charge in [-0.25, -0.2) is 0 Å². The van der Waals surface area contributed by atoms with E-state index in [-0.39, 0.29) is 0 Å². The number of rotatable bonds is 8. The summed E-state index contributed by atoms with van der Waals surface area (Å²) in [7, 11) is 0. The molecule has 1 heterocycles. The summed E-state index contributed by atoms with van der Waals surface area (Å²) < 4.78 is 2.42. The molecule has 2 heteroatoms. The molecule has 0 radical (unpaired) electrons. The molecule has 11 aromatic carbocycles. The summed E-state index contributed by atoms with van der Waals surface area (Å²) in [6.07, 6.45) is 0. The Bertz CT molecular complexity index is 3620. The average Bonchev–Trinajstić information content (AvgIpc) is 3.71. The van der Waals surface area contributed by atoms with Gasteiger partial charge in [0, 0.05) is 33.2 Å². The highest BCUT2D eigenvalue weighted by Gasteiger charge is 2.23. The first-order valence-electron chi connectivity index (χ1n) is 22.0. The molecule has 2 nitrogen and oxygen atoms in total. The van der Waals surface area contributed by atoms with Gasteiger partial charge in [-0.2, -0.15) is 0 Å². The maximum atomic E-state index is 2.47. The van der Waals surface area contributed by atoms with E-state index in [4.69, 9.17) is 0 Å². The number of anilines is 3. The van der Waals surface area contributed by atoms with E-state index in [2.05, 4.69) is 264 Å². The van der Waals surface area contributed by atoms with Gasteiger partial charge in [-0.1, -0.05) is 200 Å². The summed E-state index contributed by atoms with van der Waals surface area (Å²) in [6.45, 7) is 0. The molecule has 0 aliphatic heterocycles. The third-order valence-corrected chi connectivity index (χ3v) is 12.8. The molecule has 12 aromatic rings. The lowest BCUT2D eigenvalue weighted by Gasteiger charge is -2.30. The minimum absolute atomic E-state index is 1.07. The predicted molar refractivity (Wildman–Crippen MR) is 272 cm³/mol. The van der Waals surface area contributed by atoms with Crippen LogP contribution in [0.1, 0.15) is 0 Å². The van der Waals surface area contributed by atoms with Crippen molar-refractivity contribution in [2.45, 2.75) is 0 Å². The molecule has 0 fully saturated rings. The number of hydrogen-bond donors (Lipinski definition) is 0. The van der Waals surface area contributed by atoms with E-state index in [1.807, 2.05) is 0 Å². The zero-order chi connectivity index (χ0) is 42.4. The Morgan fingerprint density at radius 1 is 0.266 bits per heavy atom. The smallest absolute Gasteiger partial charge is 0.0546 e. The fraction of sp³-hybridized carbons (Fsp3) is 0. The van der Waals surface area contributed by atoms with Gasteiger partial charge in [-0.3, -0.25) is 0 Å². The van der Waals surface area contributed by atoms with Crippen molar-refractivity contribution in [1.82, 2.24) is 4.57 Å². The van der Waals surface area contributed by atoms with Gasteiger partial charge in [-0.15, -0.1) is 0 Å². The first-order chi connectivity index (χ1) is 31.7. The van der Waals surface area contributed by atoms with Crippen LogP contribution in [0.25, 0.3) is 93.5 Å². The zero-order valence-electron chi connectivity index (χ0n) is 35.1. The fourth-order valence-electron chi connectivity index (χ4n) is 9.69. The van der Waals surface area contributed by atoms with Gasteiger partial charge in [0.2, 0.25) is 0 Å². The molecule has 0 aliphatic carbocycles. The monoisotopic (exact) mass is 814 g/mol. The summed E-state index contributed by atoms with van der Waals surface area (Å²) in [5.41, 5.74) is 16.1. The maximum Gasteiger partial charge on any atom is 0.0546 e. The van der Waals surface area contributed by atoms with Crippen LogP contribution in [0.5, 0.6) is 0 Å². The number of aromatic nitrogens is 1. The number of nitrogens with zero attached hydrogens (tertiary/aromatic N) is 2. The van der Waals surface area contributed by atoms with Gasteiger partial charge in [0.15, 0.2) is 0 Å². The quantitative estimate of drug-likeness (QED) is 0.148. The second-order valence-corrected chi connectivity index (χ2v) is 16.5. The van der Waals surface area contributed by atoms with E-state index >= 15 is 0 Å². The van der Waals surface area contributed by atoms with E-state index < -0.39 is 0 Å². The Balaban J connectivity index is 1.08. The van der Waals surface area contributed by atoms with Crippen LogP contribution in [0, 0.1) is 0 Å². The van der Waals surface area contributed by atoms with Gasteiger partial charge in [0.1, 0.15) is 0 Å². The van der Waals surface area contributed by atoms with Gasteiger partial charge in [-0.05, 0) is 104 Å². The number of hydrogen-bond acceptors (Lipinski definition) is 1. The second kappa shape index (κ2) is 15.8. The van der Waals surface area contributed by atoms with E-state index in [0.29, 0.717) is 0 Å². The zero-order valence-corrected chi connectivity index (χ0v) is 35.1. The molecular weight excluding hydrogens is 773 g/mol. The maximum absolute atomic E-state index is 2.47. The van der Waals surface area contributed by atoms with Crippen molar-refractivity contribution in [3.8, 4) is 50.2 Å². The Hall–Kier alpha value is -8.46. The SMILES string of the molecule is c1ccc(-c2ccccc2N(c2ccc(-c3ccccc3-n3c4ccccc4c4ccccc43)cc2)c2cc(-c3ccc4ccccc4c3)ccc2-c2ccc3ccccc3c2)cc1. The Kier molecular flexibility index (Phi) is 9.20. The molecule has 300 valence electrons. The molecule has 0 unspecified atom stereocenters. The topological polar surface area (TPSA) is 8.17 Å². The van der Waals surface area contributed by atoms with Crippen molar-refractivity contribution in [3.63, 3.8) is 0 Å². The van der Waals surface area contributed by atoms with Crippen LogP contribution in [0.2, 0.25) is 0 Å². The first-order valence-corrected chi connectivity index (χ1v) is 22.0. The lowest BCUT2D eigenvalue weighted by Crippen LogP contribution is -2.12. The van der Waals surface area contributed by atoms with Crippen LogP contribution in [0.3, 0.4) is 0 Å². The van der Waals surface area contributed by atoms with Crippen LogP contribution in [-0.4, -0.2) is 4.57 Å². The highest BCUT2D eigenvalue weighted by Crippen LogP contribution is 2.47. The molecule has 0 aliphatic rings. The lowest BCUT2D eigenvalue weighted by molar-refractivity contribution is 1.18. The fourth-order valence-corrected chi connectivity index (χ4v) is 9.69. The molecule has 0 bridgehead atoms. The van der Waals surface area contributed by atoms with Crippen LogP contribution in [0.15, 0.2) is 255 Å². The standard InChI is InChI=1S/C62H42N2/c1-2-18-45(19-3-1)53-22-8-12-26-58(53)63(52-37-34-46(35-38-52)54-23-9-13-27-59(54)64-60-28-14-10-24-56(60)57-25-11-15-29-61(57)64)62-42-50(49-32-30-43-16-4-6-20-47(43)40-49)36-39-55(62)51-33-31-44-17-5-7-21-48(44)41-51/h1-42H. The van der Waals surface area contributed by atoms with E-state index in [9.17, 15) is 0 Å². The number of fused-ring (bicyclic) bond motifs is 5. The van der Waals surface area contributed by atoms with Crippen LogP contribution < -0.4 is 4.90 Å². The third-order valence-electron chi connectivity index (χ3n) is 12.8. The molecule has 1 aromatic heterocycles. The third kappa shape index (κ3) is 6.52. The molecule has 0 atom stereocenters. The van der Waals surface area contributed by atoms with Gasteiger partial charge >= 0.3 is 0 Å². The summed E-state index contributed by atoms with van der Waals surface area (Å²) in [4.78, 5) is 2.47. The summed E-state index contributed by atoms with van der Waals surface area (Å²) in [6, 6.07) is 92.9. The number of benzene rings is 11. The molecule has 12 rings (SSSR count). The average molecular weight is 815 g/mol.